The highest BCUT2D eigenvalue weighted by molar-refractivity contribution is 5.99. The van der Waals surface area contributed by atoms with Crippen molar-refractivity contribution in [2.75, 3.05) is 0 Å². The number of aromatic nitrogens is 7. The standard InChI is InChI=1S/C18H17F3N8O/c1-9-4-14(29(26-9)8-18(19,20)21)12-7-27(2)17(25-12)15-10-6-23-28(3)13(10)5-11(24-15)16(22)30/h4-7H,8H2,1-3H3,(H2,22,30). The average Bonchev–Trinajstić information content (AvgIpc) is 3.30. The second-order valence-electron chi connectivity index (χ2n) is 6.93. The Bertz CT molecular complexity index is 1280. The molecule has 30 heavy (non-hydrogen) atoms. The van der Waals surface area contributed by atoms with Crippen molar-refractivity contribution < 1.29 is 18.0 Å². The number of carbonyl (C=O) groups excluding carboxylic acids is 1. The molecule has 0 unspecified atom stereocenters. The summed E-state index contributed by atoms with van der Waals surface area (Å²) in [5, 5.41) is 8.74. The molecule has 156 valence electrons. The van der Waals surface area contributed by atoms with E-state index in [-0.39, 0.29) is 11.4 Å². The zero-order valence-corrected chi connectivity index (χ0v) is 16.3. The summed E-state index contributed by atoms with van der Waals surface area (Å²) in [6.07, 6.45) is -1.27. The van der Waals surface area contributed by atoms with E-state index >= 15 is 0 Å². The maximum Gasteiger partial charge on any atom is 0.408 e. The Balaban J connectivity index is 1.89. The van der Waals surface area contributed by atoms with E-state index in [9.17, 15) is 18.0 Å². The molecule has 2 N–H and O–H groups in total. The first-order chi connectivity index (χ1) is 14.0. The van der Waals surface area contributed by atoms with E-state index in [4.69, 9.17) is 5.73 Å². The lowest BCUT2D eigenvalue weighted by atomic mass is 10.2. The first kappa shape index (κ1) is 19.6. The minimum absolute atomic E-state index is 0.0311. The van der Waals surface area contributed by atoms with Crippen LogP contribution in [0.1, 0.15) is 16.2 Å². The molecule has 0 saturated carbocycles. The molecular formula is C18H17F3N8O. The number of aryl methyl sites for hydroxylation is 3. The Morgan fingerprint density at radius 1 is 1.20 bits per heavy atom. The van der Waals surface area contributed by atoms with Gasteiger partial charge in [-0.2, -0.15) is 23.4 Å². The summed E-state index contributed by atoms with van der Waals surface area (Å²) >= 11 is 0. The lowest BCUT2D eigenvalue weighted by Gasteiger charge is -2.08. The lowest BCUT2D eigenvalue weighted by molar-refractivity contribution is -0.142. The molecule has 4 aromatic heterocycles. The van der Waals surface area contributed by atoms with Crippen LogP contribution in [0.3, 0.4) is 0 Å². The number of halogens is 3. The highest BCUT2D eigenvalue weighted by atomic mass is 19.4. The van der Waals surface area contributed by atoms with Gasteiger partial charge in [0.05, 0.1) is 23.1 Å². The van der Waals surface area contributed by atoms with Crippen LogP contribution in [-0.2, 0) is 20.6 Å². The summed E-state index contributed by atoms with van der Waals surface area (Å²) in [6, 6.07) is 3.06. The minimum atomic E-state index is -4.43. The van der Waals surface area contributed by atoms with Gasteiger partial charge in [-0.25, -0.2) is 9.97 Å². The molecule has 0 radical (unpaired) electrons. The molecule has 0 atom stereocenters. The third-order valence-corrected chi connectivity index (χ3v) is 4.58. The predicted molar refractivity (Wildman–Crippen MR) is 101 cm³/mol. The number of hydrogen-bond acceptors (Lipinski definition) is 5. The molecule has 4 aromatic rings. The van der Waals surface area contributed by atoms with Crippen molar-refractivity contribution in [2.45, 2.75) is 19.6 Å². The summed E-state index contributed by atoms with van der Waals surface area (Å²) in [6.45, 7) is 0.377. The Labute approximate surface area is 167 Å². The van der Waals surface area contributed by atoms with Crippen LogP contribution in [0, 0.1) is 6.92 Å². The van der Waals surface area contributed by atoms with Gasteiger partial charge >= 0.3 is 6.18 Å². The second-order valence-corrected chi connectivity index (χ2v) is 6.93. The minimum Gasteiger partial charge on any atom is -0.364 e. The van der Waals surface area contributed by atoms with Gasteiger partial charge in [-0.3, -0.25) is 14.2 Å². The smallest absolute Gasteiger partial charge is 0.364 e. The zero-order chi connectivity index (χ0) is 21.8. The third kappa shape index (κ3) is 3.40. The van der Waals surface area contributed by atoms with Crippen LogP contribution in [0.5, 0.6) is 0 Å². The number of hydrogen-bond donors (Lipinski definition) is 1. The first-order valence-electron chi connectivity index (χ1n) is 8.81. The van der Waals surface area contributed by atoms with E-state index in [1.165, 1.54) is 12.1 Å². The number of primary amides is 1. The number of amides is 1. The fourth-order valence-corrected chi connectivity index (χ4v) is 3.29. The molecule has 0 fully saturated rings. The number of nitrogens with two attached hydrogens (primary N) is 1. The number of nitrogens with zero attached hydrogens (tertiary/aromatic N) is 7. The molecule has 0 saturated heterocycles. The quantitative estimate of drug-likeness (QED) is 0.546. The lowest BCUT2D eigenvalue weighted by Crippen LogP contribution is -2.19. The number of pyridine rings is 1. The van der Waals surface area contributed by atoms with Gasteiger partial charge in [0.25, 0.3) is 5.91 Å². The number of rotatable bonds is 4. The molecule has 0 aliphatic carbocycles. The van der Waals surface area contributed by atoms with Crippen LogP contribution in [-0.4, -0.2) is 46.2 Å². The van der Waals surface area contributed by atoms with Gasteiger partial charge in [0.1, 0.15) is 23.6 Å². The predicted octanol–water partition coefficient (Wildman–Crippen LogP) is 2.20. The summed E-state index contributed by atoms with van der Waals surface area (Å²) in [5.41, 5.74) is 7.36. The molecule has 0 aliphatic heterocycles. The van der Waals surface area contributed by atoms with E-state index in [1.807, 2.05) is 0 Å². The summed E-state index contributed by atoms with van der Waals surface area (Å²) in [4.78, 5) is 20.6. The molecule has 0 aliphatic rings. The van der Waals surface area contributed by atoms with Crippen LogP contribution < -0.4 is 5.73 Å². The Hall–Kier alpha value is -3.70. The molecule has 0 aromatic carbocycles. The number of imidazole rings is 1. The first-order valence-corrected chi connectivity index (χ1v) is 8.81. The highest BCUT2D eigenvalue weighted by Crippen LogP contribution is 2.30. The van der Waals surface area contributed by atoms with Crippen LogP contribution in [0.4, 0.5) is 13.2 Å². The Morgan fingerprint density at radius 2 is 1.93 bits per heavy atom. The maximum absolute atomic E-state index is 12.9. The zero-order valence-electron chi connectivity index (χ0n) is 16.3. The summed E-state index contributed by atoms with van der Waals surface area (Å²) in [7, 11) is 3.39. The molecule has 0 spiro atoms. The number of fused-ring (bicyclic) bond motifs is 1. The van der Waals surface area contributed by atoms with E-state index in [0.29, 0.717) is 33.8 Å². The van der Waals surface area contributed by atoms with Crippen molar-refractivity contribution in [3.63, 3.8) is 0 Å². The third-order valence-electron chi connectivity index (χ3n) is 4.58. The van der Waals surface area contributed by atoms with Crippen LogP contribution in [0.2, 0.25) is 0 Å². The molecule has 4 rings (SSSR count). The summed E-state index contributed by atoms with van der Waals surface area (Å²) < 4.78 is 42.9. The Morgan fingerprint density at radius 3 is 2.60 bits per heavy atom. The van der Waals surface area contributed by atoms with Crippen molar-refractivity contribution in [1.82, 2.24) is 34.1 Å². The average molecular weight is 418 g/mol. The normalized spacial score (nSPS) is 12.1. The van der Waals surface area contributed by atoms with Gasteiger partial charge in [0, 0.05) is 25.7 Å². The molecular weight excluding hydrogens is 401 g/mol. The molecule has 12 heteroatoms. The van der Waals surface area contributed by atoms with E-state index in [2.05, 4.69) is 20.2 Å². The van der Waals surface area contributed by atoms with Crippen molar-refractivity contribution in [1.29, 1.82) is 0 Å². The maximum atomic E-state index is 12.9. The van der Waals surface area contributed by atoms with Gasteiger partial charge in [0.15, 0.2) is 5.82 Å². The topological polar surface area (TPSA) is 109 Å². The van der Waals surface area contributed by atoms with Crippen molar-refractivity contribution in [2.24, 2.45) is 19.8 Å². The van der Waals surface area contributed by atoms with Gasteiger partial charge in [-0.15, -0.1) is 0 Å². The van der Waals surface area contributed by atoms with Crippen molar-refractivity contribution in [3.8, 4) is 22.9 Å². The number of carbonyl (C=O) groups is 1. The van der Waals surface area contributed by atoms with Crippen LogP contribution >= 0.6 is 0 Å². The fourth-order valence-electron chi connectivity index (χ4n) is 3.29. The van der Waals surface area contributed by atoms with Gasteiger partial charge in [-0.05, 0) is 19.1 Å². The fraction of sp³-hybridized carbons (Fsp3) is 0.278. The highest BCUT2D eigenvalue weighted by Gasteiger charge is 2.30. The molecule has 9 nitrogen and oxygen atoms in total. The number of alkyl halides is 3. The second kappa shape index (κ2) is 6.68. The largest absolute Gasteiger partial charge is 0.408 e. The van der Waals surface area contributed by atoms with E-state index < -0.39 is 18.6 Å². The van der Waals surface area contributed by atoms with Gasteiger partial charge in [-0.1, -0.05) is 0 Å². The van der Waals surface area contributed by atoms with Gasteiger partial charge in [0.2, 0.25) is 0 Å². The molecule has 0 bridgehead atoms. The van der Waals surface area contributed by atoms with Crippen molar-refractivity contribution in [3.05, 3.63) is 35.9 Å². The molecule has 1 amide bonds. The van der Waals surface area contributed by atoms with Crippen molar-refractivity contribution >= 4 is 16.8 Å². The monoisotopic (exact) mass is 418 g/mol. The Kier molecular flexibility index (Phi) is 4.36. The van der Waals surface area contributed by atoms with E-state index in [1.54, 1.807) is 42.7 Å². The summed E-state index contributed by atoms with van der Waals surface area (Å²) in [5.74, 6) is -0.365. The van der Waals surface area contributed by atoms with E-state index in [0.717, 1.165) is 4.68 Å². The SMILES string of the molecule is Cc1cc(-c2cn(C)c(-c3nc(C(N)=O)cc4c3cnn4C)n2)n(CC(F)(F)F)n1. The van der Waals surface area contributed by atoms with Crippen LogP contribution in [0.25, 0.3) is 33.8 Å². The van der Waals surface area contributed by atoms with Crippen LogP contribution in [0.15, 0.2) is 24.5 Å². The molecule has 4 heterocycles. The van der Waals surface area contributed by atoms with Gasteiger partial charge < -0.3 is 10.3 Å².